The van der Waals surface area contributed by atoms with Crippen LogP contribution in [0.5, 0.6) is 0 Å². The van der Waals surface area contributed by atoms with Gasteiger partial charge in [-0.05, 0) is 49.4 Å². The van der Waals surface area contributed by atoms with E-state index < -0.39 is 10.0 Å². The van der Waals surface area contributed by atoms with Crippen molar-refractivity contribution in [1.29, 1.82) is 0 Å². The number of rotatable bonds is 8. The minimum absolute atomic E-state index is 0. The van der Waals surface area contributed by atoms with Gasteiger partial charge in [0.2, 0.25) is 10.0 Å². The Morgan fingerprint density at radius 2 is 1.55 bits per heavy atom. The van der Waals surface area contributed by atoms with Gasteiger partial charge in [0.25, 0.3) is 5.91 Å². The standard InChI is InChI=1S/C21H29N5O3S.HI/c1-5-23-21(24-14-16-6-10-18(11-7-16)20(27)26(3)4)25-15-17-8-12-19(13-9-17)30(28,29)22-2;/h6-13,22H,5,14-15H2,1-4H3,(H2,23,24,25);1H. The number of hydrogen-bond acceptors (Lipinski definition) is 4. The maximum Gasteiger partial charge on any atom is 0.253 e. The zero-order valence-corrected chi connectivity index (χ0v) is 21.3. The first-order valence-electron chi connectivity index (χ1n) is 9.62. The van der Waals surface area contributed by atoms with Crippen molar-refractivity contribution in [2.75, 3.05) is 27.7 Å². The van der Waals surface area contributed by atoms with Gasteiger partial charge in [0.1, 0.15) is 0 Å². The van der Waals surface area contributed by atoms with Gasteiger partial charge in [0, 0.05) is 32.7 Å². The van der Waals surface area contributed by atoms with Crippen LogP contribution in [0.25, 0.3) is 0 Å². The second-order valence-corrected chi connectivity index (χ2v) is 8.68. The largest absolute Gasteiger partial charge is 0.357 e. The number of carbonyl (C=O) groups excluding carboxylic acids is 1. The fourth-order valence-corrected chi connectivity index (χ4v) is 3.34. The van der Waals surface area contributed by atoms with E-state index in [-0.39, 0.29) is 34.8 Å². The summed E-state index contributed by atoms with van der Waals surface area (Å²) in [6.45, 7) is 3.66. The van der Waals surface area contributed by atoms with Crippen molar-refractivity contribution in [3.05, 3.63) is 65.2 Å². The third-order valence-corrected chi connectivity index (χ3v) is 5.76. The number of sulfonamides is 1. The van der Waals surface area contributed by atoms with Crippen LogP contribution in [0.4, 0.5) is 0 Å². The average Bonchev–Trinajstić information content (AvgIpc) is 2.75. The Bertz CT molecular complexity index is 975. The summed E-state index contributed by atoms with van der Waals surface area (Å²) in [4.78, 5) is 18.3. The maximum absolute atomic E-state index is 12.0. The van der Waals surface area contributed by atoms with E-state index in [1.165, 1.54) is 7.05 Å². The molecule has 170 valence electrons. The SMILES string of the molecule is CCNC(=NCc1ccc(C(=O)N(C)C)cc1)NCc1ccc(S(=O)(=O)NC)cc1.I. The van der Waals surface area contributed by atoms with Crippen LogP contribution in [0.1, 0.15) is 28.4 Å². The maximum atomic E-state index is 12.0. The van der Waals surface area contributed by atoms with Gasteiger partial charge in [0.15, 0.2) is 5.96 Å². The third-order valence-electron chi connectivity index (χ3n) is 4.33. The van der Waals surface area contributed by atoms with Crippen molar-refractivity contribution in [3.8, 4) is 0 Å². The highest BCUT2D eigenvalue weighted by molar-refractivity contribution is 14.0. The number of carbonyl (C=O) groups is 1. The van der Waals surface area contributed by atoms with Gasteiger partial charge in [0.05, 0.1) is 11.4 Å². The Morgan fingerprint density at radius 3 is 2.06 bits per heavy atom. The minimum Gasteiger partial charge on any atom is -0.357 e. The molecule has 0 radical (unpaired) electrons. The van der Waals surface area contributed by atoms with Crippen molar-refractivity contribution in [2.24, 2.45) is 4.99 Å². The average molecular weight is 559 g/mol. The number of guanidine groups is 1. The molecular formula is C21H30IN5O3S. The van der Waals surface area contributed by atoms with Crippen molar-refractivity contribution in [2.45, 2.75) is 24.9 Å². The topological polar surface area (TPSA) is 103 Å². The van der Waals surface area contributed by atoms with E-state index in [4.69, 9.17) is 0 Å². The molecule has 0 heterocycles. The summed E-state index contributed by atoms with van der Waals surface area (Å²) >= 11 is 0. The smallest absolute Gasteiger partial charge is 0.253 e. The number of aliphatic imine (C=N–C) groups is 1. The van der Waals surface area contributed by atoms with Crippen LogP contribution in [-0.4, -0.2) is 52.9 Å². The van der Waals surface area contributed by atoms with Gasteiger partial charge in [-0.1, -0.05) is 24.3 Å². The zero-order chi connectivity index (χ0) is 22.1. The fourth-order valence-electron chi connectivity index (χ4n) is 2.61. The Morgan fingerprint density at radius 1 is 0.968 bits per heavy atom. The first-order chi connectivity index (χ1) is 14.3. The van der Waals surface area contributed by atoms with Crippen molar-refractivity contribution < 1.29 is 13.2 Å². The quantitative estimate of drug-likeness (QED) is 0.262. The molecule has 2 rings (SSSR count). The van der Waals surface area contributed by atoms with Gasteiger partial charge >= 0.3 is 0 Å². The summed E-state index contributed by atoms with van der Waals surface area (Å²) in [6, 6.07) is 14.1. The predicted molar refractivity (Wildman–Crippen MR) is 134 cm³/mol. The molecule has 10 heteroatoms. The molecule has 0 aliphatic rings. The van der Waals surface area contributed by atoms with E-state index in [9.17, 15) is 13.2 Å². The van der Waals surface area contributed by atoms with Gasteiger partial charge < -0.3 is 15.5 Å². The highest BCUT2D eigenvalue weighted by atomic mass is 127. The lowest BCUT2D eigenvalue weighted by atomic mass is 10.1. The van der Waals surface area contributed by atoms with Gasteiger partial charge in [-0.25, -0.2) is 18.1 Å². The lowest BCUT2D eigenvalue weighted by molar-refractivity contribution is 0.0827. The molecule has 0 aliphatic heterocycles. The Labute approximate surface area is 201 Å². The van der Waals surface area contributed by atoms with E-state index in [1.807, 2.05) is 19.1 Å². The molecule has 3 N–H and O–H groups in total. The molecular weight excluding hydrogens is 529 g/mol. The first kappa shape index (κ1) is 26.9. The van der Waals surface area contributed by atoms with Crippen LogP contribution in [0.15, 0.2) is 58.4 Å². The van der Waals surface area contributed by atoms with Crippen molar-refractivity contribution in [1.82, 2.24) is 20.3 Å². The van der Waals surface area contributed by atoms with E-state index in [1.54, 1.807) is 55.4 Å². The lowest BCUT2D eigenvalue weighted by Crippen LogP contribution is -2.36. The molecule has 0 atom stereocenters. The van der Waals surface area contributed by atoms with Crippen LogP contribution in [0.2, 0.25) is 0 Å². The summed E-state index contributed by atoms with van der Waals surface area (Å²) in [6.07, 6.45) is 0. The summed E-state index contributed by atoms with van der Waals surface area (Å²) in [5, 5.41) is 6.42. The van der Waals surface area contributed by atoms with E-state index in [0.717, 1.165) is 11.1 Å². The molecule has 2 aromatic carbocycles. The molecule has 31 heavy (non-hydrogen) atoms. The number of nitrogens with zero attached hydrogens (tertiary/aromatic N) is 2. The second-order valence-electron chi connectivity index (χ2n) is 6.80. The number of nitrogens with one attached hydrogen (secondary N) is 3. The predicted octanol–water partition coefficient (Wildman–Crippen LogP) is 2.17. The van der Waals surface area contributed by atoms with Crippen LogP contribution in [-0.2, 0) is 23.1 Å². The number of benzene rings is 2. The summed E-state index contributed by atoms with van der Waals surface area (Å²) in [5.74, 6) is 0.617. The second kappa shape index (κ2) is 12.6. The van der Waals surface area contributed by atoms with Gasteiger partial charge in [-0.3, -0.25) is 4.79 Å². The molecule has 0 bridgehead atoms. The van der Waals surface area contributed by atoms with Crippen LogP contribution in [0, 0.1) is 0 Å². The molecule has 8 nitrogen and oxygen atoms in total. The molecule has 0 fully saturated rings. The van der Waals surface area contributed by atoms with Crippen LogP contribution < -0.4 is 15.4 Å². The van der Waals surface area contributed by atoms with E-state index in [0.29, 0.717) is 31.2 Å². The van der Waals surface area contributed by atoms with Crippen molar-refractivity contribution in [3.63, 3.8) is 0 Å². The summed E-state index contributed by atoms with van der Waals surface area (Å²) < 4.78 is 25.9. The third kappa shape index (κ3) is 8.11. The molecule has 0 spiro atoms. The molecule has 0 aliphatic carbocycles. The number of amides is 1. The normalized spacial score (nSPS) is 11.4. The number of hydrogen-bond donors (Lipinski definition) is 3. The van der Waals surface area contributed by atoms with Gasteiger partial charge in [-0.2, -0.15) is 0 Å². The molecule has 0 unspecified atom stereocenters. The molecule has 0 aromatic heterocycles. The lowest BCUT2D eigenvalue weighted by Gasteiger charge is -2.12. The zero-order valence-electron chi connectivity index (χ0n) is 18.2. The van der Waals surface area contributed by atoms with Crippen molar-refractivity contribution >= 4 is 45.9 Å². The Kier molecular flexibility index (Phi) is 10.9. The van der Waals surface area contributed by atoms with Crippen LogP contribution in [0.3, 0.4) is 0 Å². The highest BCUT2D eigenvalue weighted by Gasteiger charge is 2.10. The Hall–Kier alpha value is -2.18. The first-order valence-corrected chi connectivity index (χ1v) is 11.1. The fraction of sp³-hybridized carbons (Fsp3) is 0.333. The molecule has 1 amide bonds. The molecule has 0 saturated carbocycles. The number of halogens is 1. The minimum atomic E-state index is -3.44. The van der Waals surface area contributed by atoms with Gasteiger partial charge in [-0.15, -0.1) is 24.0 Å². The monoisotopic (exact) mass is 559 g/mol. The van der Waals surface area contributed by atoms with Crippen LogP contribution >= 0.6 is 24.0 Å². The summed E-state index contributed by atoms with van der Waals surface area (Å²) in [7, 11) is 1.40. The summed E-state index contributed by atoms with van der Waals surface area (Å²) in [5.41, 5.74) is 2.56. The highest BCUT2D eigenvalue weighted by Crippen LogP contribution is 2.10. The Balaban J connectivity index is 0.00000480. The van der Waals surface area contributed by atoms with E-state index in [2.05, 4.69) is 20.3 Å². The van der Waals surface area contributed by atoms with E-state index >= 15 is 0 Å². The molecule has 0 saturated heterocycles. The molecule has 2 aromatic rings.